The molecule has 3 rings (SSSR count). The Labute approximate surface area is 186 Å². The van der Waals surface area contributed by atoms with Gasteiger partial charge in [-0.1, -0.05) is 0 Å². The van der Waals surface area contributed by atoms with Crippen LogP contribution in [0.25, 0.3) is 6.08 Å². The number of allylic oxidation sites excluding steroid dienone is 1. The molecule has 0 aliphatic carbocycles. The first-order valence-corrected chi connectivity index (χ1v) is 9.76. The highest BCUT2D eigenvalue weighted by Gasteiger charge is 2.13. The zero-order valence-corrected chi connectivity index (χ0v) is 17.9. The fourth-order valence-electron chi connectivity index (χ4n) is 3.12. The van der Waals surface area contributed by atoms with Gasteiger partial charge in [0.05, 0.1) is 23.9 Å². The molecule has 8 heteroatoms. The quantitative estimate of drug-likeness (QED) is 0.479. The SMILES string of the molecule is CC(=O)Nc1cnc(Nc2ccc(C#N)cc2)nc1Nc1c(C)cc(/C=C/C#N)cc1C. The minimum atomic E-state index is -0.241. The molecular formula is C24H21N7O. The molecule has 0 unspecified atom stereocenters. The standard InChI is InChI=1S/C24H21N7O/c1-15-11-19(5-4-10-25)12-16(2)22(15)30-23-21(28-17(3)32)14-27-24(31-23)29-20-8-6-18(13-26)7-9-20/h4-9,11-12,14H,1-3H3,(H,28,32)(H2,27,29,30,31)/b5-4+. The van der Waals surface area contributed by atoms with Crippen LogP contribution in [0.15, 0.2) is 48.7 Å². The van der Waals surface area contributed by atoms with Crippen LogP contribution in [0, 0.1) is 36.5 Å². The van der Waals surface area contributed by atoms with Gasteiger partial charge in [-0.15, -0.1) is 0 Å². The molecule has 3 N–H and O–H groups in total. The number of aromatic nitrogens is 2. The van der Waals surface area contributed by atoms with Gasteiger partial charge in [-0.05, 0) is 73.0 Å². The van der Waals surface area contributed by atoms with Crippen molar-refractivity contribution in [3.05, 3.63) is 70.9 Å². The van der Waals surface area contributed by atoms with Gasteiger partial charge in [0.25, 0.3) is 0 Å². The van der Waals surface area contributed by atoms with E-state index in [4.69, 9.17) is 10.5 Å². The highest BCUT2D eigenvalue weighted by atomic mass is 16.1. The summed E-state index contributed by atoms with van der Waals surface area (Å²) in [5.41, 5.74) is 5.39. The average Bonchev–Trinajstić information content (AvgIpc) is 2.76. The largest absolute Gasteiger partial charge is 0.338 e. The molecule has 0 saturated carbocycles. The van der Waals surface area contributed by atoms with E-state index in [9.17, 15) is 4.79 Å². The van der Waals surface area contributed by atoms with E-state index in [-0.39, 0.29) is 5.91 Å². The summed E-state index contributed by atoms with van der Waals surface area (Å²) in [4.78, 5) is 20.5. The van der Waals surface area contributed by atoms with E-state index < -0.39 is 0 Å². The Morgan fingerprint density at radius 2 is 1.75 bits per heavy atom. The van der Waals surface area contributed by atoms with Crippen molar-refractivity contribution >= 4 is 40.8 Å². The minimum absolute atomic E-state index is 0.241. The summed E-state index contributed by atoms with van der Waals surface area (Å²) in [6, 6.07) is 14.9. The molecular weight excluding hydrogens is 402 g/mol. The number of nitriles is 2. The van der Waals surface area contributed by atoms with Gasteiger partial charge >= 0.3 is 0 Å². The molecule has 3 aromatic rings. The van der Waals surface area contributed by atoms with Gasteiger partial charge in [-0.25, -0.2) is 4.98 Å². The molecule has 1 amide bonds. The van der Waals surface area contributed by atoms with Gasteiger partial charge in [-0.3, -0.25) is 4.79 Å². The van der Waals surface area contributed by atoms with E-state index in [0.717, 1.165) is 28.1 Å². The maximum atomic E-state index is 11.7. The number of rotatable bonds is 6. The summed E-state index contributed by atoms with van der Waals surface area (Å²) < 4.78 is 0. The summed E-state index contributed by atoms with van der Waals surface area (Å²) >= 11 is 0. The van der Waals surface area contributed by atoms with E-state index in [0.29, 0.717) is 23.0 Å². The number of aryl methyl sites for hydroxylation is 2. The second kappa shape index (κ2) is 9.88. The Balaban J connectivity index is 1.95. The lowest BCUT2D eigenvalue weighted by molar-refractivity contribution is -0.114. The fraction of sp³-hybridized carbons (Fsp3) is 0.125. The van der Waals surface area contributed by atoms with Crippen LogP contribution in [-0.2, 0) is 4.79 Å². The molecule has 0 atom stereocenters. The summed E-state index contributed by atoms with van der Waals surface area (Å²) in [5.74, 6) is 0.517. The highest BCUT2D eigenvalue weighted by molar-refractivity contribution is 5.92. The molecule has 0 radical (unpaired) electrons. The number of hydrogen-bond acceptors (Lipinski definition) is 7. The summed E-state index contributed by atoms with van der Waals surface area (Å²) in [6.07, 6.45) is 4.70. The molecule has 1 aromatic heterocycles. The van der Waals surface area contributed by atoms with Crippen LogP contribution < -0.4 is 16.0 Å². The van der Waals surface area contributed by atoms with Crippen molar-refractivity contribution in [2.24, 2.45) is 0 Å². The van der Waals surface area contributed by atoms with Crippen LogP contribution in [0.5, 0.6) is 0 Å². The third-order valence-corrected chi connectivity index (χ3v) is 4.52. The molecule has 0 bridgehead atoms. The van der Waals surface area contributed by atoms with Crippen molar-refractivity contribution in [2.75, 3.05) is 16.0 Å². The second-order valence-electron chi connectivity index (χ2n) is 7.07. The lowest BCUT2D eigenvalue weighted by atomic mass is 10.0. The average molecular weight is 423 g/mol. The summed E-state index contributed by atoms with van der Waals surface area (Å²) in [6.45, 7) is 5.32. The zero-order valence-electron chi connectivity index (χ0n) is 17.9. The summed E-state index contributed by atoms with van der Waals surface area (Å²) in [7, 11) is 0. The van der Waals surface area contributed by atoms with Crippen molar-refractivity contribution < 1.29 is 4.79 Å². The van der Waals surface area contributed by atoms with Crippen molar-refractivity contribution in [2.45, 2.75) is 20.8 Å². The molecule has 158 valence electrons. The number of amides is 1. The Morgan fingerprint density at radius 3 is 2.34 bits per heavy atom. The Kier molecular flexibility index (Phi) is 6.79. The summed E-state index contributed by atoms with van der Waals surface area (Å²) in [5, 5.41) is 26.8. The van der Waals surface area contributed by atoms with Crippen molar-refractivity contribution in [3.8, 4) is 12.1 Å². The van der Waals surface area contributed by atoms with E-state index in [1.165, 1.54) is 19.2 Å². The minimum Gasteiger partial charge on any atom is -0.338 e. The Bertz CT molecular complexity index is 1240. The zero-order chi connectivity index (χ0) is 23.1. The lowest BCUT2D eigenvalue weighted by Crippen LogP contribution is -2.11. The smallest absolute Gasteiger partial charge is 0.229 e. The van der Waals surface area contributed by atoms with Gasteiger partial charge in [0.1, 0.15) is 5.69 Å². The molecule has 0 saturated heterocycles. The van der Waals surface area contributed by atoms with E-state index in [1.807, 2.05) is 32.0 Å². The first kappa shape index (κ1) is 22.0. The van der Waals surface area contributed by atoms with Gasteiger partial charge in [0, 0.05) is 24.4 Å². The number of carbonyl (C=O) groups is 1. The molecule has 0 aliphatic rings. The molecule has 1 heterocycles. The van der Waals surface area contributed by atoms with Gasteiger partial charge < -0.3 is 16.0 Å². The number of nitrogens with one attached hydrogen (secondary N) is 3. The maximum Gasteiger partial charge on any atom is 0.229 e. The second-order valence-corrected chi connectivity index (χ2v) is 7.07. The third kappa shape index (κ3) is 5.47. The van der Waals surface area contributed by atoms with Crippen molar-refractivity contribution in [3.63, 3.8) is 0 Å². The maximum absolute atomic E-state index is 11.7. The first-order chi connectivity index (χ1) is 15.4. The third-order valence-electron chi connectivity index (χ3n) is 4.52. The monoisotopic (exact) mass is 423 g/mol. The molecule has 8 nitrogen and oxygen atoms in total. The number of benzene rings is 2. The fourth-order valence-corrected chi connectivity index (χ4v) is 3.12. The van der Waals surface area contributed by atoms with Gasteiger partial charge in [0.2, 0.25) is 11.9 Å². The van der Waals surface area contributed by atoms with Crippen LogP contribution in [0.2, 0.25) is 0 Å². The van der Waals surface area contributed by atoms with Crippen LogP contribution in [0.1, 0.15) is 29.2 Å². The van der Waals surface area contributed by atoms with E-state index >= 15 is 0 Å². The van der Waals surface area contributed by atoms with Gasteiger partial charge in [-0.2, -0.15) is 15.5 Å². The normalized spacial score (nSPS) is 10.3. The van der Waals surface area contributed by atoms with Crippen molar-refractivity contribution in [1.82, 2.24) is 9.97 Å². The molecule has 0 fully saturated rings. The lowest BCUT2D eigenvalue weighted by Gasteiger charge is -2.17. The number of carbonyl (C=O) groups excluding carboxylic acids is 1. The number of hydrogen-bond donors (Lipinski definition) is 3. The predicted molar refractivity (Wildman–Crippen MR) is 125 cm³/mol. The molecule has 32 heavy (non-hydrogen) atoms. The first-order valence-electron chi connectivity index (χ1n) is 9.76. The Hall–Kier alpha value is -4.69. The van der Waals surface area contributed by atoms with E-state index in [2.05, 4.69) is 32.0 Å². The number of nitrogens with zero attached hydrogens (tertiary/aromatic N) is 4. The van der Waals surface area contributed by atoms with Crippen LogP contribution in [-0.4, -0.2) is 15.9 Å². The Morgan fingerprint density at radius 1 is 1.06 bits per heavy atom. The molecule has 2 aromatic carbocycles. The number of anilines is 5. The molecule has 0 spiro atoms. The predicted octanol–water partition coefficient (Wildman–Crippen LogP) is 4.95. The topological polar surface area (TPSA) is 127 Å². The van der Waals surface area contributed by atoms with E-state index in [1.54, 1.807) is 30.3 Å². The van der Waals surface area contributed by atoms with Crippen LogP contribution >= 0.6 is 0 Å². The van der Waals surface area contributed by atoms with Crippen LogP contribution in [0.4, 0.5) is 28.8 Å². The van der Waals surface area contributed by atoms with Gasteiger partial charge in [0.15, 0.2) is 5.82 Å². The highest BCUT2D eigenvalue weighted by Crippen LogP contribution is 2.30. The van der Waals surface area contributed by atoms with Crippen LogP contribution in [0.3, 0.4) is 0 Å². The molecule has 0 aliphatic heterocycles. The van der Waals surface area contributed by atoms with Crippen molar-refractivity contribution in [1.29, 1.82) is 10.5 Å².